The Morgan fingerprint density at radius 3 is 2.36 bits per heavy atom. The van der Waals surface area contributed by atoms with Gasteiger partial charge in [-0.05, 0) is 37.3 Å². The number of nitrogens with one attached hydrogen (secondary N) is 1. The largest absolute Gasteiger partial charge is 0.352 e. The van der Waals surface area contributed by atoms with Crippen LogP contribution in [0, 0.1) is 18.8 Å². The van der Waals surface area contributed by atoms with Crippen molar-refractivity contribution < 1.29 is 13.2 Å². The number of sulfonamides is 1. The number of carbonyl (C=O) groups excluding carboxylic acids is 1. The summed E-state index contributed by atoms with van der Waals surface area (Å²) in [6, 6.07) is 7.23. The number of rotatable bonds is 5. The Labute approximate surface area is 169 Å². The summed E-state index contributed by atoms with van der Waals surface area (Å²) in [6.45, 7) is 8.76. The lowest BCUT2D eigenvalue weighted by Gasteiger charge is -2.36. The molecule has 3 atom stereocenters. The van der Waals surface area contributed by atoms with Crippen LogP contribution in [0.5, 0.6) is 0 Å². The molecule has 1 heterocycles. The molecule has 1 saturated carbocycles. The predicted molar refractivity (Wildman–Crippen MR) is 110 cm³/mol. The molecular formula is C21H33N3O3S. The minimum atomic E-state index is -3.46. The molecule has 0 spiro atoms. The van der Waals surface area contributed by atoms with E-state index in [1.165, 1.54) is 17.1 Å². The molecular weight excluding hydrogens is 374 g/mol. The average Bonchev–Trinajstić information content (AvgIpc) is 2.66. The van der Waals surface area contributed by atoms with Gasteiger partial charge >= 0.3 is 0 Å². The van der Waals surface area contributed by atoms with E-state index >= 15 is 0 Å². The van der Waals surface area contributed by atoms with Crippen molar-refractivity contribution in [1.82, 2.24) is 14.5 Å². The number of aryl methyl sites for hydroxylation is 1. The van der Waals surface area contributed by atoms with Gasteiger partial charge in [-0.25, -0.2) is 8.42 Å². The van der Waals surface area contributed by atoms with Crippen LogP contribution in [0.25, 0.3) is 0 Å². The summed E-state index contributed by atoms with van der Waals surface area (Å²) in [5.74, 6) is 1.21. The van der Waals surface area contributed by atoms with E-state index in [9.17, 15) is 13.2 Å². The number of hydrogen-bond acceptors (Lipinski definition) is 4. The van der Waals surface area contributed by atoms with E-state index in [2.05, 4.69) is 19.2 Å². The maximum absolute atomic E-state index is 12.8. The van der Waals surface area contributed by atoms with E-state index in [1.54, 1.807) is 12.1 Å². The normalized spacial score (nSPS) is 27.5. The molecule has 0 bridgehead atoms. The number of carbonyl (C=O) groups is 1. The zero-order valence-electron chi connectivity index (χ0n) is 17.2. The zero-order valence-corrected chi connectivity index (χ0v) is 18.0. The molecule has 1 N–H and O–H groups in total. The summed E-state index contributed by atoms with van der Waals surface area (Å²) in [6.07, 6.45) is 3.47. The summed E-state index contributed by atoms with van der Waals surface area (Å²) >= 11 is 0. The summed E-state index contributed by atoms with van der Waals surface area (Å²) < 4.78 is 27.1. The first kappa shape index (κ1) is 21.3. The fourth-order valence-corrected chi connectivity index (χ4v) is 5.65. The van der Waals surface area contributed by atoms with Crippen LogP contribution in [0.1, 0.15) is 38.7 Å². The van der Waals surface area contributed by atoms with Crippen molar-refractivity contribution in [3.05, 3.63) is 29.8 Å². The van der Waals surface area contributed by atoms with Crippen molar-refractivity contribution in [1.29, 1.82) is 0 Å². The maximum Gasteiger partial charge on any atom is 0.243 e. The first-order valence-electron chi connectivity index (χ1n) is 10.4. The molecule has 2 fully saturated rings. The highest BCUT2D eigenvalue weighted by Crippen LogP contribution is 2.29. The maximum atomic E-state index is 12.8. The van der Waals surface area contributed by atoms with Crippen LogP contribution in [-0.2, 0) is 14.8 Å². The zero-order chi connectivity index (χ0) is 20.3. The number of hydrogen-bond donors (Lipinski definition) is 1. The lowest BCUT2D eigenvalue weighted by atomic mass is 9.78. The standard InChI is InChI=1S/C21H33N3O3S/c1-16-7-9-19(10-8-16)28(26,27)24-13-11-23(12-14-24)15-21(25)22-20-6-4-5-17(2)18(20)3/h7-10,17-18,20H,4-6,11-15H2,1-3H3,(H,22,25)/t17-,18-,20-/m1/s1. The summed E-state index contributed by atoms with van der Waals surface area (Å²) in [5, 5.41) is 3.21. The SMILES string of the molecule is Cc1ccc(S(=O)(=O)N2CCN(CC(=O)N[C@@H]3CCC[C@@H](C)[C@H]3C)CC2)cc1. The Kier molecular flexibility index (Phi) is 6.78. The van der Waals surface area contributed by atoms with E-state index in [-0.39, 0.29) is 11.9 Å². The minimum Gasteiger partial charge on any atom is -0.352 e. The topological polar surface area (TPSA) is 69.7 Å². The first-order valence-corrected chi connectivity index (χ1v) is 11.8. The smallest absolute Gasteiger partial charge is 0.243 e. The van der Waals surface area contributed by atoms with Gasteiger partial charge in [0.25, 0.3) is 0 Å². The molecule has 2 aliphatic rings. The summed E-state index contributed by atoms with van der Waals surface area (Å²) in [7, 11) is -3.46. The van der Waals surface area contributed by atoms with Crippen LogP contribution >= 0.6 is 0 Å². The van der Waals surface area contributed by atoms with Crippen molar-refractivity contribution in [3.8, 4) is 0 Å². The van der Waals surface area contributed by atoms with Crippen molar-refractivity contribution in [3.63, 3.8) is 0 Å². The van der Waals surface area contributed by atoms with Gasteiger partial charge in [0.1, 0.15) is 0 Å². The van der Waals surface area contributed by atoms with Gasteiger partial charge in [-0.15, -0.1) is 0 Å². The predicted octanol–water partition coefficient (Wildman–Crippen LogP) is 2.24. The molecule has 1 aliphatic carbocycles. The molecule has 6 nitrogen and oxygen atoms in total. The second kappa shape index (κ2) is 8.93. The Morgan fingerprint density at radius 1 is 1.07 bits per heavy atom. The van der Waals surface area contributed by atoms with Gasteiger partial charge in [-0.1, -0.05) is 44.4 Å². The average molecular weight is 408 g/mol. The second-order valence-corrected chi connectivity index (χ2v) is 10.4. The Hall–Kier alpha value is -1.44. The highest BCUT2D eigenvalue weighted by molar-refractivity contribution is 7.89. The molecule has 0 aromatic heterocycles. The van der Waals surface area contributed by atoms with Gasteiger partial charge in [0, 0.05) is 32.2 Å². The third-order valence-electron chi connectivity index (χ3n) is 6.41. The van der Waals surface area contributed by atoms with Crippen LogP contribution < -0.4 is 5.32 Å². The van der Waals surface area contributed by atoms with Crippen molar-refractivity contribution in [2.24, 2.45) is 11.8 Å². The monoisotopic (exact) mass is 407 g/mol. The molecule has 1 amide bonds. The van der Waals surface area contributed by atoms with E-state index < -0.39 is 10.0 Å². The molecule has 156 valence electrons. The van der Waals surface area contributed by atoms with Crippen LogP contribution in [0.4, 0.5) is 0 Å². The summed E-state index contributed by atoms with van der Waals surface area (Å²) in [5.41, 5.74) is 1.04. The third kappa shape index (κ3) is 4.93. The van der Waals surface area contributed by atoms with Gasteiger partial charge in [0.2, 0.25) is 15.9 Å². The highest BCUT2D eigenvalue weighted by atomic mass is 32.2. The molecule has 0 radical (unpaired) electrons. The number of benzene rings is 1. The minimum absolute atomic E-state index is 0.0563. The second-order valence-electron chi connectivity index (χ2n) is 8.43. The van der Waals surface area contributed by atoms with Crippen LogP contribution in [0.3, 0.4) is 0 Å². The molecule has 1 saturated heterocycles. The van der Waals surface area contributed by atoms with Crippen molar-refractivity contribution in [2.45, 2.75) is 51.0 Å². The number of piperazine rings is 1. The fraction of sp³-hybridized carbons (Fsp3) is 0.667. The van der Waals surface area contributed by atoms with Gasteiger partial charge in [-0.2, -0.15) is 4.31 Å². The molecule has 1 aromatic carbocycles. The highest BCUT2D eigenvalue weighted by Gasteiger charge is 2.31. The number of nitrogens with zero attached hydrogens (tertiary/aromatic N) is 2. The van der Waals surface area contributed by atoms with Crippen LogP contribution in [-0.4, -0.2) is 62.3 Å². The lowest BCUT2D eigenvalue weighted by Crippen LogP contribution is -2.52. The van der Waals surface area contributed by atoms with E-state index in [0.717, 1.165) is 12.0 Å². The first-order chi connectivity index (χ1) is 13.3. The molecule has 7 heteroatoms. The van der Waals surface area contributed by atoms with Gasteiger partial charge in [0.15, 0.2) is 0 Å². The Balaban J connectivity index is 1.50. The fourth-order valence-electron chi connectivity index (χ4n) is 4.23. The summed E-state index contributed by atoms with van der Waals surface area (Å²) in [4.78, 5) is 14.9. The van der Waals surface area contributed by atoms with Crippen molar-refractivity contribution >= 4 is 15.9 Å². The molecule has 28 heavy (non-hydrogen) atoms. The van der Waals surface area contributed by atoms with Crippen LogP contribution in [0.2, 0.25) is 0 Å². The molecule has 0 unspecified atom stereocenters. The van der Waals surface area contributed by atoms with Gasteiger partial charge < -0.3 is 5.32 Å². The third-order valence-corrected chi connectivity index (χ3v) is 8.32. The Bertz CT molecular complexity index is 771. The van der Waals surface area contributed by atoms with E-state index in [1.807, 2.05) is 24.0 Å². The molecule has 1 aromatic rings. The van der Waals surface area contributed by atoms with Gasteiger partial charge in [-0.3, -0.25) is 9.69 Å². The molecule has 1 aliphatic heterocycles. The number of amides is 1. The van der Waals surface area contributed by atoms with E-state index in [4.69, 9.17) is 0 Å². The van der Waals surface area contributed by atoms with Crippen LogP contribution in [0.15, 0.2) is 29.2 Å². The van der Waals surface area contributed by atoms with Gasteiger partial charge in [0.05, 0.1) is 11.4 Å². The van der Waals surface area contributed by atoms with Crippen molar-refractivity contribution in [2.75, 3.05) is 32.7 Å². The molecule has 3 rings (SSSR count). The lowest BCUT2D eigenvalue weighted by molar-refractivity contribution is -0.124. The van der Waals surface area contributed by atoms with E-state index in [0.29, 0.717) is 49.5 Å². The Morgan fingerprint density at radius 2 is 1.71 bits per heavy atom. The quantitative estimate of drug-likeness (QED) is 0.813.